The molecule has 1 saturated heterocycles. The Morgan fingerprint density at radius 1 is 1.14 bits per heavy atom. The second kappa shape index (κ2) is 6.42. The SMILES string of the molecule is Cc1ccc(/C(=C\C[N+]2([O-])CCCC2)c2ccccn2)cc1. The zero-order valence-corrected chi connectivity index (χ0v) is 13.0. The molecule has 3 rings (SSSR count). The predicted octanol–water partition coefficient (Wildman–Crippen LogP) is 3.93. The number of hydroxylamine groups is 3. The van der Waals surface area contributed by atoms with E-state index >= 15 is 0 Å². The maximum absolute atomic E-state index is 12.6. The van der Waals surface area contributed by atoms with Gasteiger partial charge >= 0.3 is 0 Å². The van der Waals surface area contributed by atoms with Crippen LogP contribution >= 0.6 is 0 Å². The fraction of sp³-hybridized carbons (Fsp3) is 0.316. The van der Waals surface area contributed by atoms with Crippen LogP contribution in [0.4, 0.5) is 0 Å². The third-order valence-corrected chi connectivity index (χ3v) is 4.31. The van der Waals surface area contributed by atoms with Gasteiger partial charge in [-0.25, -0.2) is 0 Å². The highest BCUT2D eigenvalue weighted by atomic mass is 16.5. The van der Waals surface area contributed by atoms with Crippen molar-refractivity contribution in [3.8, 4) is 0 Å². The lowest BCUT2D eigenvalue weighted by atomic mass is 10.0. The Kier molecular flexibility index (Phi) is 4.36. The van der Waals surface area contributed by atoms with E-state index in [1.54, 1.807) is 6.20 Å². The van der Waals surface area contributed by atoms with Crippen molar-refractivity contribution in [1.29, 1.82) is 0 Å². The minimum atomic E-state index is -0.0950. The van der Waals surface area contributed by atoms with Gasteiger partial charge in [0.2, 0.25) is 0 Å². The molecule has 0 spiro atoms. The fourth-order valence-corrected chi connectivity index (χ4v) is 2.98. The van der Waals surface area contributed by atoms with Crippen LogP contribution in [-0.2, 0) is 0 Å². The molecular weight excluding hydrogens is 272 g/mol. The summed E-state index contributed by atoms with van der Waals surface area (Å²) in [6.45, 7) is 4.08. The number of hydrogen-bond acceptors (Lipinski definition) is 2. The topological polar surface area (TPSA) is 36.0 Å². The molecule has 2 aromatic rings. The largest absolute Gasteiger partial charge is 0.633 e. The minimum Gasteiger partial charge on any atom is -0.633 e. The van der Waals surface area contributed by atoms with E-state index in [0.717, 1.165) is 42.8 Å². The number of likely N-dealkylation sites (tertiary alicyclic amines) is 1. The molecule has 1 fully saturated rings. The van der Waals surface area contributed by atoms with Gasteiger partial charge in [0, 0.05) is 24.6 Å². The van der Waals surface area contributed by atoms with Gasteiger partial charge in [-0.2, -0.15) is 0 Å². The lowest BCUT2D eigenvalue weighted by molar-refractivity contribution is -0.862. The van der Waals surface area contributed by atoms with Gasteiger partial charge in [-0.1, -0.05) is 35.9 Å². The van der Waals surface area contributed by atoms with E-state index in [4.69, 9.17) is 0 Å². The van der Waals surface area contributed by atoms with Crippen LogP contribution in [0, 0.1) is 12.1 Å². The van der Waals surface area contributed by atoms with E-state index in [1.165, 1.54) is 5.56 Å². The lowest BCUT2D eigenvalue weighted by Crippen LogP contribution is -2.38. The molecule has 1 aromatic heterocycles. The van der Waals surface area contributed by atoms with Gasteiger partial charge in [-0.05, 0) is 30.7 Å². The normalized spacial score (nSPS) is 17.6. The molecule has 0 radical (unpaired) electrons. The molecule has 0 atom stereocenters. The third-order valence-electron chi connectivity index (χ3n) is 4.31. The molecule has 114 valence electrons. The highest BCUT2D eigenvalue weighted by Gasteiger charge is 2.21. The predicted molar refractivity (Wildman–Crippen MR) is 90.0 cm³/mol. The summed E-state index contributed by atoms with van der Waals surface area (Å²) in [6.07, 6.45) is 5.96. The second-order valence-electron chi connectivity index (χ2n) is 6.09. The zero-order chi connectivity index (χ0) is 15.4. The number of pyridine rings is 1. The van der Waals surface area contributed by atoms with Crippen molar-refractivity contribution < 1.29 is 4.65 Å². The number of aryl methyl sites for hydroxylation is 1. The van der Waals surface area contributed by atoms with Crippen molar-refractivity contribution in [1.82, 2.24) is 4.98 Å². The van der Waals surface area contributed by atoms with Gasteiger partial charge in [-0.3, -0.25) is 4.98 Å². The molecular formula is C19H22N2O. The van der Waals surface area contributed by atoms with E-state index in [-0.39, 0.29) is 4.65 Å². The molecule has 1 aliphatic rings. The van der Waals surface area contributed by atoms with Crippen LogP contribution < -0.4 is 0 Å². The van der Waals surface area contributed by atoms with Crippen LogP contribution in [0.5, 0.6) is 0 Å². The second-order valence-corrected chi connectivity index (χ2v) is 6.09. The smallest absolute Gasteiger partial charge is 0.0980 e. The quantitative estimate of drug-likeness (QED) is 0.632. The van der Waals surface area contributed by atoms with E-state index in [2.05, 4.69) is 42.2 Å². The Labute approximate surface area is 132 Å². The highest BCUT2D eigenvalue weighted by molar-refractivity contribution is 5.77. The number of nitrogens with zero attached hydrogens (tertiary/aromatic N) is 2. The molecule has 22 heavy (non-hydrogen) atoms. The summed E-state index contributed by atoms with van der Waals surface area (Å²) in [5, 5.41) is 12.6. The van der Waals surface area contributed by atoms with Crippen molar-refractivity contribution >= 4 is 5.57 Å². The molecule has 3 heteroatoms. The molecule has 3 nitrogen and oxygen atoms in total. The van der Waals surface area contributed by atoms with E-state index < -0.39 is 0 Å². The minimum absolute atomic E-state index is 0.0950. The highest BCUT2D eigenvalue weighted by Crippen LogP contribution is 2.24. The van der Waals surface area contributed by atoms with Crippen LogP contribution in [0.2, 0.25) is 0 Å². The van der Waals surface area contributed by atoms with Gasteiger partial charge in [-0.15, -0.1) is 0 Å². The van der Waals surface area contributed by atoms with Crippen LogP contribution in [0.1, 0.15) is 29.7 Å². The Morgan fingerprint density at radius 2 is 1.86 bits per heavy atom. The molecule has 1 aromatic carbocycles. The Hall–Kier alpha value is -1.97. The van der Waals surface area contributed by atoms with Crippen LogP contribution in [0.25, 0.3) is 5.57 Å². The average Bonchev–Trinajstić information content (AvgIpc) is 2.97. The number of quaternary nitrogens is 1. The Balaban J connectivity index is 1.94. The van der Waals surface area contributed by atoms with Crippen LogP contribution in [0.3, 0.4) is 0 Å². The number of rotatable bonds is 4. The first-order valence-corrected chi connectivity index (χ1v) is 7.92. The van der Waals surface area contributed by atoms with Crippen molar-refractivity contribution in [2.75, 3.05) is 19.6 Å². The first kappa shape index (κ1) is 14.9. The molecule has 1 aliphatic heterocycles. The lowest BCUT2D eigenvalue weighted by Gasteiger charge is -2.37. The number of benzene rings is 1. The van der Waals surface area contributed by atoms with Crippen LogP contribution in [0.15, 0.2) is 54.7 Å². The number of aromatic nitrogens is 1. The summed E-state index contributed by atoms with van der Waals surface area (Å²) in [4.78, 5) is 4.47. The van der Waals surface area contributed by atoms with E-state index in [0.29, 0.717) is 6.54 Å². The van der Waals surface area contributed by atoms with Gasteiger partial charge in [0.15, 0.2) is 0 Å². The molecule has 0 saturated carbocycles. The van der Waals surface area contributed by atoms with Gasteiger partial charge in [0.1, 0.15) is 0 Å². The van der Waals surface area contributed by atoms with Crippen molar-refractivity contribution in [3.05, 3.63) is 76.8 Å². The molecule has 0 bridgehead atoms. The Bertz CT molecular complexity index is 641. The summed E-state index contributed by atoms with van der Waals surface area (Å²) in [5.74, 6) is 0. The summed E-state index contributed by atoms with van der Waals surface area (Å²) < 4.78 is -0.0950. The molecule has 0 aliphatic carbocycles. The molecule has 0 amide bonds. The summed E-state index contributed by atoms with van der Waals surface area (Å²) >= 11 is 0. The standard InChI is InChI=1S/C19H22N2O/c1-16-7-9-17(10-8-16)18(19-6-2-3-12-20-19)11-15-21(22)13-4-5-14-21/h2-3,6-12H,4-5,13-15H2,1H3/b18-11+. The molecule has 2 heterocycles. The first-order chi connectivity index (χ1) is 10.7. The first-order valence-electron chi connectivity index (χ1n) is 7.92. The van der Waals surface area contributed by atoms with Crippen LogP contribution in [-0.4, -0.2) is 29.3 Å². The molecule has 0 unspecified atom stereocenters. The van der Waals surface area contributed by atoms with Gasteiger partial charge in [0.05, 0.1) is 25.3 Å². The molecule has 0 N–H and O–H groups in total. The summed E-state index contributed by atoms with van der Waals surface area (Å²) in [5.41, 5.74) is 4.34. The summed E-state index contributed by atoms with van der Waals surface area (Å²) in [6, 6.07) is 14.3. The van der Waals surface area contributed by atoms with Crippen molar-refractivity contribution in [2.24, 2.45) is 0 Å². The van der Waals surface area contributed by atoms with E-state index in [9.17, 15) is 5.21 Å². The van der Waals surface area contributed by atoms with Crippen molar-refractivity contribution in [3.63, 3.8) is 0 Å². The monoisotopic (exact) mass is 294 g/mol. The van der Waals surface area contributed by atoms with Gasteiger partial charge in [0.25, 0.3) is 0 Å². The van der Waals surface area contributed by atoms with E-state index in [1.807, 2.05) is 18.2 Å². The summed E-state index contributed by atoms with van der Waals surface area (Å²) in [7, 11) is 0. The maximum atomic E-state index is 12.6. The van der Waals surface area contributed by atoms with Crippen molar-refractivity contribution in [2.45, 2.75) is 19.8 Å². The maximum Gasteiger partial charge on any atom is 0.0980 e. The van der Waals surface area contributed by atoms with Gasteiger partial charge < -0.3 is 9.85 Å². The fourth-order valence-electron chi connectivity index (χ4n) is 2.98. The number of hydrogen-bond donors (Lipinski definition) is 0. The third kappa shape index (κ3) is 3.43. The average molecular weight is 294 g/mol. The Morgan fingerprint density at radius 3 is 2.50 bits per heavy atom. The zero-order valence-electron chi connectivity index (χ0n) is 13.0.